The van der Waals surface area contributed by atoms with Crippen LogP contribution in [0.25, 0.3) is 11.1 Å². The molecule has 82 valence electrons. The lowest BCUT2D eigenvalue weighted by molar-refractivity contribution is 1.41. The first-order valence-electron chi connectivity index (χ1n) is 5.30. The number of nitrogen functional groups attached to an aromatic ring is 2. The average molecular weight is 212 g/mol. The Hall–Kier alpha value is -1.96. The second-order valence-electron chi connectivity index (χ2n) is 4.15. The first-order valence-corrected chi connectivity index (χ1v) is 5.30. The van der Waals surface area contributed by atoms with Gasteiger partial charge in [-0.2, -0.15) is 0 Å². The third kappa shape index (κ3) is 1.87. The van der Waals surface area contributed by atoms with Gasteiger partial charge in [-0.25, -0.2) is 0 Å². The lowest BCUT2D eigenvalue weighted by Crippen LogP contribution is -1.92. The third-order valence-corrected chi connectivity index (χ3v) is 2.80. The number of rotatable bonds is 1. The zero-order valence-electron chi connectivity index (χ0n) is 9.62. The molecule has 0 saturated carbocycles. The first-order chi connectivity index (χ1) is 7.58. The smallest absolute Gasteiger partial charge is 0.0320 e. The van der Waals surface area contributed by atoms with E-state index in [4.69, 9.17) is 11.5 Å². The molecule has 0 aliphatic heterocycles. The first kappa shape index (κ1) is 10.6. The van der Waals surface area contributed by atoms with Gasteiger partial charge in [0.05, 0.1) is 0 Å². The Morgan fingerprint density at radius 3 is 2.00 bits per heavy atom. The van der Waals surface area contributed by atoms with Crippen LogP contribution in [-0.2, 0) is 0 Å². The molecule has 0 aromatic heterocycles. The van der Waals surface area contributed by atoms with E-state index in [-0.39, 0.29) is 0 Å². The summed E-state index contributed by atoms with van der Waals surface area (Å²) in [6, 6.07) is 11.9. The Balaban J connectivity index is 2.62. The van der Waals surface area contributed by atoms with Crippen LogP contribution in [-0.4, -0.2) is 0 Å². The minimum Gasteiger partial charge on any atom is -0.399 e. The molecule has 0 amide bonds. The molecule has 2 nitrogen and oxygen atoms in total. The highest BCUT2D eigenvalue weighted by molar-refractivity contribution is 5.74. The van der Waals surface area contributed by atoms with E-state index in [9.17, 15) is 0 Å². The molecule has 0 saturated heterocycles. The number of nitrogens with two attached hydrogens (primary N) is 2. The minimum absolute atomic E-state index is 0.789. The molecule has 0 aliphatic carbocycles. The molecular formula is C14H16N2. The molecule has 0 radical (unpaired) electrons. The fraction of sp³-hybridized carbons (Fsp3) is 0.143. The quantitative estimate of drug-likeness (QED) is 0.713. The van der Waals surface area contributed by atoms with Crippen molar-refractivity contribution >= 4 is 11.4 Å². The Kier molecular flexibility index (Phi) is 2.57. The molecule has 0 atom stereocenters. The Morgan fingerprint density at radius 1 is 0.688 bits per heavy atom. The van der Waals surface area contributed by atoms with E-state index in [1.807, 2.05) is 36.4 Å². The summed E-state index contributed by atoms with van der Waals surface area (Å²) >= 11 is 0. The van der Waals surface area contributed by atoms with Crippen LogP contribution < -0.4 is 11.5 Å². The molecule has 2 rings (SSSR count). The predicted octanol–water partition coefficient (Wildman–Crippen LogP) is 3.13. The van der Waals surface area contributed by atoms with Crippen molar-refractivity contribution in [1.29, 1.82) is 0 Å². The van der Waals surface area contributed by atoms with Crippen molar-refractivity contribution in [3.8, 4) is 11.1 Å². The Bertz CT molecular complexity index is 530. The maximum atomic E-state index is 5.82. The molecule has 0 bridgehead atoms. The monoisotopic (exact) mass is 212 g/mol. The van der Waals surface area contributed by atoms with E-state index >= 15 is 0 Å². The SMILES string of the molecule is Cc1cc(N)ccc1-c1cc(N)ccc1C. The molecule has 4 N–H and O–H groups in total. The van der Waals surface area contributed by atoms with E-state index in [1.54, 1.807) is 0 Å². The summed E-state index contributed by atoms with van der Waals surface area (Å²) in [4.78, 5) is 0. The average Bonchev–Trinajstić information content (AvgIpc) is 2.22. The van der Waals surface area contributed by atoms with Gasteiger partial charge in [0.1, 0.15) is 0 Å². The Morgan fingerprint density at radius 2 is 1.31 bits per heavy atom. The minimum atomic E-state index is 0.789. The number of hydrogen-bond donors (Lipinski definition) is 2. The summed E-state index contributed by atoms with van der Waals surface area (Å²) in [6.45, 7) is 4.15. The van der Waals surface area contributed by atoms with E-state index in [1.165, 1.54) is 22.3 Å². The van der Waals surface area contributed by atoms with Gasteiger partial charge in [-0.1, -0.05) is 12.1 Å². The van der Waals surface area contributed by atoms with E-state index in [0.717, 1.165) is 11.4 Å². The van der Waals surface area contributed by atoms with Gasteiger partial charge in [0.15, 0.2) is 0 Å². The number of hydrogen-bond acceptors (Lipinski definition) is 2. The molecule has 2 aromatic carbocycles. The van der Waals surface area contributed by atoms with Gasteiger partial charge >= 0.3 is 0 Å². The van der Waals surface area contributed by atoms with Gasteiger partial charge in [0.25, 0.3) is 0 Å². The maximum Gasteiger partial charge on any atom is 0.0320 e. The van der Waals surface area contributed by atoms with Gasteiger partial charge in [0, 0.05) is 11.4 Å². The fourth-order valence-corrected chi connectivity index (χ4v) is 1.92. The summed E-state index contributed by atoms with van der Waals surface area (Å²) in [5.74, 6) is 0. The van der Waals surface area contributed by atoms with Crippen LogP contribution in [0.15, 0.2) is 36.4 Å². The third-order valence-electron chi connectivity index (χ3n) is 2.80. The van der Waals surface area contributed by atoms with Crippen LogP contribution in [0.4, 0.5) is 11.4 Å². The van der Waals surface area contributed by atoms with E-state index in [2.05, 4.69) is 13.8 Å². The highest BCUT2D eigenvalue weighted by Gasteiger charge is 2.05. The predicted molar refractivity (Wildman–Crippen MR) is 70.2 cm³/mol. The van der Waals surface area contributed by atoms with Crippen molar-refractivity contribution in [2.24, 2.45) is 0 Å². The van der Waals surface area contributed by atoms with E-state index in [0.29, 0.717) is 0 Å². The lowest BCUT2D eigenvalue weighted by Gasteiger charge is -2.10. The summed E-state index contributed by atoms with van der Waals surface area (Å²) in [5.41, 5.74) is 17.9. The number of aryl methyl sites for hydroxylation is 2. The van der Waals surface area contributed by atoms with Gasteiger partial charge in [0.2, 0.25) is 0 Å². The highest BCUT2D eigenvalue weighted by Crippen LogP contribution is 2.29. The largest absolute Gasteiger partial charge is 0.399 e. The zero-order chi connectivity index (χ0) is 11.7. The molecule has 0 unspecified atom stereocenters. The van der Waals surface area contributed by atoms with Crippen molar-refractivity contribution in [1.82, 2.24) is 0 Å². The van der Waals surface area contributed by atoms with Gasteiger partial charge in [-0.15, -0.1) is 0 Å². The molecule has 2 aromatic rings. The molecule has 0 spiro atoms. The van der Waals surface area contributed by atoms with Crippen molar-refractivity contribution < 1.29 is 0 Å². The zero-order valence-corrected chi connectivity index (χ0v) is 9.62. The van der Waals surface area contributed by atoms with Gasteiger partial charge < -0.3 is 11.5 Å². The van der Waals surface area contributed by atoms with Crippen LogP contribution in [0, 0.1) is 13.8 Å². The van der Waals surface area contributed by atoms with Gasteiger partial charge in [-0.05, 0) is 60.4 Å². The molecule has 16 heavy (non-hydrogen) atoms. The molecule has 0 fully saturated rings. The van der Waals surface area contributed by atoms with Crippen molar-refractivity contribution in [3.05, 3.63) is 47.5 Å². The van der Waals surface area contributed by atoms with Crippen molar-refractivity contribution in [2.75, 3.05) is 11.5 Å². The summed E-state index contributed by atoms with van der Waals surface area (Å²) in [6.07, 6.45) is 0. The van der Waals surface area contributed by atoms with E-state index < -0.39 is 0 Å². The van der Waals surface area contributed by atoms with Crippen molar-refractivity contribution in [3.63, 3.8) is 0 Å². The van der Waals surface area contributed by atoms with Crippen LogP contribution in [0.2, 0.25) is 0 Å². The number of anilines is 2. The molecule has 0 aliphatic rings. The van der Waals surface area contributed by atoms with Crippen LogP contribution in [0.5, 0.6) is 0 Å². The van der Waals surface area contributed by atoms with Gasteiger partial charge in [-0.3, -0.25) is 0 Å². The second-order valence-corrected chi connectivity index (χ2v) is 4.15. The topological polar surface area (TPSA) is 52.0 Å². The van der Waals surface area contributed by atoms with Crippen LogP contribution >= 0.6 is 0 Å². The highest BCUT2D eigenvalue weighted by atomic mass is 14.5. The van der Waals surface area contributed by atoms with Crippen LogP contribution in [0.3, 0.4) is 0 Å². The normalized spacial score (nSPS) is 10.4. The standard InChI is InChI=1S/C14H16N2/c1-9-3-4-12(16)8-14(9)13-6-5-11(15)7-10(13)2/h3-8H,15-16H2,1-2H3. The Labute approximate surface area is 95.9 Å². The summed E-state index contributed by atoms with van der Waals surface area (Å²) < 4.78 is 0. The fourth-order valence-electron chi connectivity index (χ4n) is 1.92. The molecule has 0 heterocycles. The lowest BCUT2D eigenvalue weighted by atomic mass is 9.96. The molecular weight excluding hydrogens is 196 g/mol. The second kappa shape index (κ2) is 3.89. The van der Waals surface area contributed by atoms with Crippen LogP contribution in [0.1, 0.15) is 11.1 Å². The summed E-state index contributed by atoms with van der Waals surface area (Å²) in [5, 5.41) is 0. The summed E-state index contributed by atoms with van der Waals surface area (Å²) in [7, 11) is 0. The maximum absolute atomic E-state index is 5.82. The molecule has 2 heteroatoms. The van der Waals surface area contributed by atoms with Crippen molar-refractivity contribution in [2.45, 2.75) is 13.8 Å². The number of benzene rings is 2.